The number of rotatable bonds is 4. The third-order valence-corrected chi connectivity index (χ3v) is 3.08. The van der Waals surface area contributed by atoms with Gasteiger partial charge in [-0.05, 0) is 5.92 Å². The first-order valence-corrected chi connectivity index (χ1v) is 5.95. The number of amides is 1. The van der Waals surface area contributed by atoms with Crippen molar-refractivity contribution in [2.75, 3.05) is 19.7 Å². The summed E-state index contributed by atoms with van der Waals surface area (Å²) in [4.78, 5) is 13.7. The summed E-state index contributed by atoms with van der Waals surface area (Å²) >= 11 is 0. The molecular formula is C11H21N3O3. The number of oxime groups is 1. The van der Waals surface area contributed by atoms with Crippen molar-refractivity contribution in [2.24, 2.45) is 16.8 Å². The van der Waals surface area contributed by atoms with Gasteiger partial charge in [0.05, 0.1) is 13.2 Å². The van der Waals surface area contributed by atoms with Crippen molar-refractivity contribution in [1.29, 1.82) is 0 Å². The second-order valence-corrected chi connectivity index (χ2v) is 4.44. The Morgan fingerprint density at radius 1 is 1.71 bits per heavy atom. The van der Waals surface area contributed by atoms with Crippen molar-refractivity contribution < 1.29 is 14.7 Å². The lowest BCUT2D eigenvalue weighted by Gasteiger charge is -2.32. The highest BCUT2D eigenvalue weighted by Gasteiger charge is 2.27. The number of ether oxygens (including phenoxy) is 1. The summed E-state index contributed by atoms with van der Waals surface area (Å²) in [6.07, 6.45) is 1.04. The molecule has 1 fully saturated rings. The van der Waals surface area contributed by atoms with Crippen molar-refractivity contribution in [3.8, 4) is 0 Å². The van der Waals surface area contributed by atoms with Gasteiger partial charge in [-0.15, -0.1) is 0 Å². The van der Waals surface area contributed by atoms with Gasteiger partial charge in [-0.25, -0.2) is 0 Å². The first-order valence-electron chi connectivity index (χ1n) is 5.95. The van der Waals surface area contributed by atoms with Gasteiger partial charge in [-0.1, -0.05) is 25.4 Å². The Bertz CT molecular complexity index is 294. The van der Waals surface area contributed by atoms with Gasteiger partial charge < -0.3 is 20.6 Å². The van der Waals surface area contributed by atoms with Crippen LogP contribution >= 0.6 is 0 Å². The molecule has 3 N–H and O–H groups in total. The Hall–Kier alpha value is -1.30. The molecule has 2 unspecified atom stereocenters. The number of nitrogens with zero attached hydrogens (tertiary/aromatic N) is 2. The number of morpholine rings is 1. The first kappa shape index (κ1) is 13.8. The van der Waals surface area contributed by atoms with Crippen molar-refractivity contribution >= 4 is 11.7 Å². The second-order valence-electron chi connectivity index (χ2n) is 4.44. The van der Waals surface area contributed by atoms with Crippen LogP contribution in [0.15, 0.2) is 5.16 Å². The predicted octanol–water partition coefficient (Wildman–Crippen LogP) is 0.396. The summed E-state index contributed by atoms with van der Waals surface area (Å²) in [5, 5.41) is 11.5. The normalized spacial score (nSPS) is 23.5. The second kappa shape index (κ2) is 6.44. The van der Waals surface area contributed by atoms with E-state index in [0.717, 1.165) is 6.42 Å². The number of amidine groups is 1. The van der Waals surface area contributed by atoms with Crippen LogP contribution in [0.2, 0.25) is 0 Å². The maximum atomic E-state index is 12.0. The summed E-state index contributed by atoms with van der Waals surface area (Å²) in [5.41, 5.74) is 5.47. The van der Waals surface area contributed by atoms with E-state index in [9.17, 15) is 4.79 Å². The largest absolute Gasteiger partial charge is 0.409 e. The minimum atomic E-state index is -0.491. The average Bonchev–Trinajstić information content (AvgIpc) is 2.37. The molecule has 0 aliphatic carbocycles. The molecule has 1 aliphatic rings. The molecular weight excluding hydrogens is 222 g/mol. The highest BCUT2D eigenvalue weighted by molar-refractivity contribution is 5.85. The number of carbonyl (C=O) groups excluding carboxylic acids is 1. The van der Waals surface area contributed by atoms with Crippen LogP contribution in [0.3, 0.4) is 0 Å². The average molecular weight is 243 g/mol. The Labute approximate surface area is 101 Å². The quantitative estimate of drug-likeness (QED) is 0.324. The van der Waals surface area contributed by atoms with Crippen LogP contribution in [0.5, 0.6) is 0 Å². The minimum absolute atomic E-state index is 0.0195. The van der Waals surface area contributed by atoms with Gasteiger partial charge in [0.1, 0.15) is 6.10 Å². The van der Waals surface area contributed by atoms with E-state index in [-0.39, 0.29) is 11.7 Å². The zero-order valence-electron chi connectivity index (χ0n) is 10.4. The fourth-order valence-corrected chi connectivity index (χ4v) is 1.69. The van der Waals surface area contributed by atoms with Crippen LogP contribution in [0.25, 0.3) is 0 Å². The molecule has 0 spiro atoms. The van der Waals surface area contributed by atoms with Gasteiger partial charge in [0.2, 0.25) is 5.91 Å². The molecule has 1 heterocycles. The van der Waals surface area contributed by atoms with Crippen LogP contribution in [-0.4, -0.2) is 47.7 Å². The third-order valence-electron chi connectivity index (χ3n) is 3.08. The van der Waals surface area contributed by atoms with Gasteiger partial charge in [-0.2, -0.15) is 0 Å². The fraction of sp³-hybridized carbons (Fsp3) is 0.818. The molecule has 0 saturated carbocycles. The Morgan fingerprint density at radius 3 is 3.00 bits per heavy atom. The number of hydrogen-bond acceptors (Lipinski definition) is 4. The Balaban J connectivity index is 2.51. The molecule has 6 nitrogen and oxygen atoms in total. The van der Waals surface area contributed by atoms with Crippen LogP contribution in [-0.2, 0) is 9.53 Å². The van der Waals surface area contributed by atoms with Crippen LogP contribution in [0, 0.1) is 5.92 Å². The molecule has 17 heavy (non-hydrogen) atoms. The van der Waals surface area contributed by atoms with Crippen LogP contribution < -0.4 is 5.73 Å². The lowest BCUT2D eigenvalue weighted by atomic mass is 10.0. The summed E-state index contributed by atoms with van der Waals surface area (Å²) in [6.45, 7) is 5.48. The summed E-state index contributed by atoms with van der Waals surface area (Å²) in [5.74, 6) is 0.511. The number of hydrogen-bond donors (Lipinski definition) is 2. The van der Waals surface area contributed by atoms with Gasteiger partial charge >= 0.3 is 0 Å². The molecule has 0 radical (unpaired) electrons. The van der Waals surface area contributed by atoms with Gasteiger partial charge in [0.15, 0.2) is 5.84 Å². The summed E-state index contributed by atoms with van der Waals surface area (Å²) in [6, 6.07) is 0. The van der Waals surface area contributed by atoms with Gasteiger partial charge in [0, 0.05) is 13.0 Å². The molecule has 0 aromatic rings. The molecule has 1 saturated heterocycles. The molecule has 98 valence electrons. The molecule has 1 aliphatic heterocycles. The minimum Gasteiger partial charge on any atom is -0.409 e. The van der Waals surface area contributed by atoms with Crippen molar-refractivity contribution in [2.45, 2.75) is 32.8 Å². The summed E-state index contributed by atoms with van der Waals surface area (Å²) < 4.78 is 5.33. The highest BCUT2D eigenvalue weighted by Crippen LogP contribution is 2.12. The van der Waals surface area contributed by atoms with Crippen molar-refractivity contribution in [3.05, 3.63) is 0 Å². The van der Waals surface area contributed by atoms with Crippen LogP contribution in [0.4, 0.5) is 0 Å². The molecule has 2 atom stereocenters. The molecule has 1 amide bonds. The van der Waals surface area contributed by atoms with E-state index in [4.69, 9.17) is 15.7 Å². The maximum absolute atomic E-state index is 12.0. The van der Waals surface area contributed by atoms with E-state index in [1.165, 1.54) is 0 Å². The fourth-order valence-electron chi connectivity index (χ4n) is 1.69. The van der Waals surface area contributed by atoms with E-state index < -0.39 is 6.10 Å². The topological polar surface area (TPSA) is 88.2 Å². The maximum Gasteiger partial charge on any atom is 0.223 e. The van der Waals surface area contributed by atoms with E-state index in [1.54, 1.807) is 4.90 Å². The SMILES string of the molecule is CCC(C)CC(=O)N1CCOC(C(N)=NO)C1. The monoisotopic (exact) mass is 243 g/mol. The van der Waals surface area contributed by atoms with E-state index in [0.29, 0.717) is 32.0 Å². The molecule has 0 aromatic heterocycles. The number of nitrogens with two attached hydrogens (primary N) is 1. The lowest BCUT2D eigenvalue weighted by Crippen LogP contribution is -2.50. The zero-order chi connectivity index (χ0) is 12.8. The van der Waals surface area contributed by atoms with Crippen LogP contribution in [0.1, 0.15) is 26.7 Å². The number of carbonyl (C=O) groups is 1. The predicted molar refractivity (Wildman–Crippen MR) is 63.8 cm³/mol. The molecule has 0 aromatic carbocycles. The van der Waals surface area contributed by atoms with Crippen molar-refractivity contribution in [1.82, 2.24) is 4.90 Å². The van der Waals surface area contributed by atoms with Gasteiger partial charge in [-0.3, -0.25) is 4.79 Å². The molecule has 1 rings (SSSR count). The smallest absolute Gasteiger partial charge is 0.223 e. The van der Waals surface area contributed by atoms with E-state index in [1.807, 2.05) is 0 Å². The zero-order valence-corrected chi connectivity index (χ0v) is 10.4. The highest BCUT2D eigenvalue weighted by atomic mass is 16.5. The lowest BCUT2D eigenvalue weighted by molar-refractivity contribution is -0.137. The van der Waals surface area contributed by atoms with E-state index in [2.05, 4.69) is 19.0 Å². The first-order chi connectivity index (χ1) is 8.08. The van der Waals surface area contributed by atoms with Crippen molar-refractivity contribution in [3.63, 3.8) is 0 Å². The third kappa shape index (κ3) is 3.89. The Morgan fingerprint density at radius 2 is 2.41 bits per heavy atom. The van der Waals surface area contributed by atoms with E-state index >= 15 is 0 Å². The Kier molecular flexibility index (Phi) is 5.21. The molecule has 0 bridgehead atoms. The standard InChI is InChI=1S/C11H21N3O3/c1-3-8(2)6-10(15)14-4-5-17-9(7-14)11(12)13-16/h8-9,16H,3-7H2,1-2H3,(H2,12,13). The molecule has 6 heteroatoms. The van der Waals surface area contributed by atoms with Gasteiger partial charge in [0.25, 0.3) is 0 Å². The summed E-state index contributed by atoms with van der Waals surface area (Å²) in [7, 11) is 0.